The number of likely N-dealkylation sites (N-methyl/N-ethyl adjacent to an activating group) is 1. The SMILES string of the molecule is CCCCN(C)C(=O)COC(=O)c1cc(-c2ccco2)nc2ccccc12. The summed E-state index contributed by atoms with van der Waals surface area (Å²) in [5, 5.41) is 0.671. The molecule has 0 aliphatic heterocycles. The topological polar surface area (TPSA) is 72.6 Å². The van der Waals surface area contributed by atoms with Crippen LogP contribution in [0.15, 0.2) is 53.1 Å². The Balaban J connectivity index is 1.82. The first kappa shape index (κ1) is 18.6. The second-order valence-corrected chi connectivity index (χ2v) is 6.29. The summed E-state index contributed by atoms with van der Waals surface area (Å²) >= 11 is 0. The normalized spacial score (nSPS) is 10.7. The van der Waals surface area contributed by atoms with E-state index in [0.29, 0.717) is 34.5 Å². The molecule has 3 rings (SSSR count). The molecule has 0 saturated carbocycles. The zero-order valence-electron chi connectivity index (χ0n) is 15.5. The van der Waals surface area contributed by atoms with Crippen molar-refractivity contribution < 1.29 is 18.7 Å². The lowest BCUT2D eigenvalue weighted by molar-refractivity contribution is -0.133. The van der Waals surface area contributed by atoms with Gasteiger partial charge in [0.2, 0.25) is 0 Å². The molecular formula is C21H22N2O4. The molecule has 0 aliphatic carbocycles. The minimum atomic E-state index is -0.557. The molecule has 0 N–H and O–H groups in total. The summed E-state index contributed by atoms with van der Waals surface area (Å²) in [7, 11) is 1.71. The van der Waals surface area contributed by atoms with E-state index < -0.39 is 5.97 Å². The third-order valence-corrected chi connectivity index (χ3v) is 4.31. The Kier molecular flexibility index (Phi) is 5.86. The summed E-state index contributed by atoms with van der Waals surface area (Å²) < 4.78 is 10.7. The molecule has 6 heteroatoms. The molecule has 1 amide bonds. The van der Waals surface area contributed by atoms with Gasteiger partial charge >= 0.3 is 5.97 Å². The lowest BCUT2D eigenvalue weighted by Crippen LogP contribution is -2.32. The summed E-state index contributed by atoms with van der Waals surface area (Å²) in [4.78, 5) is 30.9. The van der Waals surface area contributed by atoms with E-state index in [1.54, 1.807) is 42.5 Å². The average Bonchev–Trinajstić information content (AvgIpc) is 3.23. The number of furan rings is 1. The van der Waals surface area contributed by atoms with Gasteiger partial charge in [0.05, 0.1) is 17.3 Å². The van der Waals surface area contributed by atoms with Gasteiger partial charge in [-0.1, -0.05) is 31.5 Å². The second kappa shape index (κ2) is 8.49. The Bertz CT molecular complexity index is 935. The van der Waals surface area contributed by atoms with Crippen molar-refractivity contribution in [1.29, 1.82) is 0 Å². The number of esters is 1. The largest absolute Gasteiger partial charge is 0.463 e. The minimum Gasteiger partial charge on any atom is -0.463 e. The number of fused-ring (bicyclic) bond motifs is 1. The molecule has 1 aromatic carbocycles. The summed E-state index contributed by atoms with van der Waals surface area (Å²) in [6.07, 6.45) is 3.46. The number of carbonyl (C=O) groups is 2. The number of amides is 1. The van der Waals surface area contributed by atoms with Crippen LogP contribution in [-0.2, 0) is 9.53 Å². The number of rotatable bonds is 7. The van der Waals surface area contributed by atoms with Gasteiger partial charge in [0, 0.05) is 19.0 Å². The van der Waals surface area contributed by atoms with Crippen LogP contribution in [0.4, 0.5) is 0 Å². The second-order valence-electron chi connectivity index (χ2n) is 6.29. The third-order valence-electron chi connectivity index (χ3n) is 4.31. The Hall–Kier alpha value is -3.15. The predicted molar refractivity (Wildman–Crippen MR) is 102 cm³/mol. The molecule has 0 atom stereocenters. The first-order valence-corrected chi connectivity index (χ1v) is 8.95. The molecule has 0 spiro atoms. The number of aromatic nitrogens is 1. The molecule has 27 heavy (non-hydrogen) atoms. The quantitative estimate of drug-likeness (QED) is 0.593. The molecule has 0 bridgehead atoms. The fourth-order valence-corrected chi connectivity index (χ4v) is 2.73. The van der Waals surface area contributed by atoms with E-state index in [2.05, 4.69) is 11.9 Å². The molecule has 2 aromatic heterocycles. The maximum Gasteiger partial charge on any atom is 0.339 e. The van der Waals surface area contributed by atoms with Crippen molar-refractivity contribution in [3.05, 3.63) is 54.3 Å². The lowest BCUT2D eigenvalue weighted by atomic mass is 10.1. The maximum atomic E-state index is 12.7. The van der Waals surface area contributed by atoms with E-state index in [9.17, 15) is 9.59 Å². The van der Waals surface area contributed by atoms with Crippen molar-refractivity contribution in [2.75, 3.05) is 20.2 Å². The summed E-state index contributed by atoms with van der Waals surface area (Å²) in [5.74, 6) is -0.217. The molecule has 0 radical (unpaired) electrons. The van der Waals surface area contributed by atoms with Gasteiger partial charge < -0.3 is 14.1 Å². The van der Waals surface area contributed by atoms with Crippen LogP contribution in [0.2, 0.25) is 0 Å². The lowest BCUT2D eigenvalue weighted by Gasteiger charge is -2.16. The number of unbranched alkanes of at least 4 members (excludes halogenated alkanes) is 1. The summed E-state index contributed by atoms with van der Waals surface area (Å²) in [5.41, 5.74) is 1.55. The highest BCUT2D eigenvalue weighted by Crippen LogP contribution is 2.25. The zero-order chi connectivity index (χ0) is 19.2. The van der Waals surface area contributed by atoms with Crippen molar-refractivity contribution >= 4 is 22.8 Å². The minimum absolute atomic E-state index is 0.221. The van der Waals surface area contributed by atoms with Gasteiger partial charge in [-0.25, -0.2) is 9.78 Å². The van der Waals surface area contributed by atoms with Crippen LogP contribution in [0.3, 0.4) is 0 Å². The first-order valence-electron chi connectivity index (χ1n) is 8.95. The molecule has 0 aliphatic rings. The molecular weight excluding hydrogens is 344 g/mol. The smallest absolute Gasteiger partial charge is 0.339 e. The molecule has 3 aromatic rings. The number of pyridine rings is 1. The van der Waals surface area contributed by atoms with Crippen LogP contribution < -0.4 is 0 Å². The van der Waals surface area contributed by atoms with Crippen LogP contribution in [0.25, 0.3) is 22.4 Å². The van der Waals surface area contributed by atoms with Crippen molar-refractivity contribution in [2.45, 2.75) is 19.8 Å². The maximum absolute atomic E-state index is 12.7. The number of hydrogen-bond donors (Lipinski definition) is 0. The van der Waals surface area contributed by atoms with Crippen molar-refractivity contribution in [3.8, 4) is 11.5 Å². The van der Waals surface area contributed by atoms with Crippen LogP contribution in [0, 0.1) is 0 Å². The van der Waals surface area contributed by atoms with Crippen LogP contribution in [-0.4, -0.2) is 42.0 Å². The van der Waals surface area contributed by atoms with E-state index in [1.807, 2.05) is 18.2 Å². The first-order chi connectivity index (χ1) is 13.1. The third kappa shape index (κ3) is 4.34. The standard InChI is InChI=1S/C21H22N2O4/c1-3-4-11-23(2)20(24)14-27-21(25)16-13-18(19-10-7-12-26-19)22-17-9-6-5-8-15(16)17/h5-10,12-13H,3-4,11,14H2,1-2H3. The van der Waals surface area contributed by atoms with E-state index in [-0.39, 0.29) is 12.5 Å². The monoisotopic (exact) mass is 366 g/mol. The van der Waals surface area contributed by atoms with Gasteiger partial charge in [-0.2, -0.15) is 0 Å². The van der Waals surface area contributed by atoms with Crippen LogP contribution in [0.5, 0.6) is 0 Å². The Labute approximate surface area is 157 Å². The number of para-hydroxylation sites is 1. The number of hydrogen-bond acceptors (Lipinski definition) is 5. The van der Waals surface area contributed by atoms with Crippen LogP contribution in [0.1, 0.15) is 30.1 Å². The molecule has 0 saturated heterocycles. The fourth-order valence-electron chi connectivity index (χ4n) is 2.73. The van der Waals surface area contributed by atoms with Crippen molar-refractivity contribution in [1.82, 2.24) is 9.88 Å². The fraction of sp³-hybridized carbons (Fsp3) is 0.286. The van der Waals surface area contributed by atoms with Gasteiger partial charge in [-0.3, -0.25) is 4.79 Å². The van der Waals surface area contributed by atoms with Crippen LogP contribution >= 0.6 is 0 Å². The Morgan fingerprint density at radius 1 is 1.19 bits per heavy atom. The van der Waals surface area contributed by atoms with Gasteiger partial charge in [0.25, 0.3) is 5.91 Å². The van der Waals surface area contributed by atoms with E-state index in [1.165, 1.54) is 0 Å². The number of benzene rings is 1. The van der Waals surface area contributed by atoms with Gasteiger partial charge in [-0.05, 0) is 30.7 Å². The number of carbonyl (C=O) groups excluding carboxylic acids is 2. The Morgan fingerprint density at radius 2 is 2.00 bits per heavy atom. The molecule has 6 nitrogen and oxygen atoms in total. The highest BCUT2D eigenvalue weighted by atomic mass is 16.5. The zero-order valence-corrected chi connectivity index (χ0v) is 15.5. The van der Waals surface area contributed by atoms with E-state index >= 15 is 0 Å². The number of nitrogens with zero attached hydrogens (tertiary/aromatic N) is 2. The van der Waals surface area contributed by atoms with E-state index in [0.717, 1.165) is 12.8 Å². The molecule has 0 unspecified atom stereocenters. The predicted octanol–water partition coefficient (Wildman–Crippen LogP) is 3.91. The van der Waals surface area contributed by atoms with E-state index in [4.69, 9.17) is 9.15 Å². The van der Waals surface area contributed by atoms with Crippen molar-refractivity contribution in [2.24, 2.45) is 0 Å². The summed E-state index contributed by atoms with van der Waals surface area (Å²) in [6, 6.07) is 12.5. The van der Waals surface area contributed by atoms with Gasteiger partial charge in [-0.15, -0.1) is 0 Å². The summed E-state index contributed by atoms with van der Waals surface area (Å²) in [6.45, 7) is 2.42. The average molecular weight is 366 g/mol. The molecule has 140 valence electrons. The van der Waals surface area contributed by atoms with Gasteiger partial charge in [0.1, 0.15) is 5.69 Å². The molecule has 0 fully saturated rings. The van der Waals surface area contributed by atoms with Gasteiger partial charge in [0.15, 0.2) is 12.4 Å². The highest BCUT2D eigenvalue weighted by Gasteiger charge is 2.18. The molecule has 2 heterocycles. The number of ether oxygens (including phenoxy) is 1. The Morgan fingerprint density at radius 3 is 2.74 bits per heavy atom. The highest BCUT2D eigenvalue weighted by molar-refractivity contribution is 6.05. The van der Waals surface area contributed by atoms with Crippen molar-refractivity contribution in [3.63, 3.8) is 0 Å².